The highest BCUT2D eigenvalue weighted by Crippen LogP contribution is 2.55. The van der Waals surface area contributed by atoms with Crippen molar-refractivity contribution >= 4 is 17.6 Å². The number of aliphatic hydroxyl groups excluding tert-OH is 4. The minimum atomic E-state index is -1.77. The molecule has 4 saturated heterocycles. The molecule has 14 heteroatoms. The highest BCUT2D eigenvalue weighted by atomic mass is 35.5. The van der Waals surface area contributed by atoms with Crippen LogP contribution >= 0.6 is 11.6 Å². The molecule has 1 aromatic carbocycles. The first-order valence-corrected chi connectivity index (χ1v) is 12.2. The highest BCUT2D eigenvalue weighted by Gasteiger charge is 2.68. The predicted molar refractivity (Wildman–Crippen MR) is 120 cm³/mol. The lowest BCUT2D eigenvalue weighted by molar-refractivity contribution is -0.370. The van der Waals surface area contributed by atoms with Gasteiger partial charge in [-0.25, -0.2) is 4.79 Å². The third-order valence-corrected chi connectivity index (χ3v) is 8.17. The maximum atomic E-state index is 13.0. The second kappa shape index (κ2) is 10.1. The number of ether oxygens (including phenoxy) is 6. The van der Waals surface area contributed by atoms with Crippen LogP contribution in [0.1, 0.15) is 16.8 Å². The van der Waals surface area contributed by atoms with E-state index < -0.39 is 84.8 Å². The molecule has 0 amide bonds. The number of alkyl halides is 1. The molecule has 206 valence electrons. The van der Waals surface area contributed by atoms with Crippen LogP contribution in [0.2, 0.25) is 0 Å². The summed E-state index contributed by atoms with van der Waals surface area (Å²) in [5.74, 6) is -2.32. The van der Waals surface area contributed by atoms with Crippen molar-refractivity contribution in [1.82, 2.24) is 0 Å². The largest absolute Gasteiger partial charge is 0.504 e. The van der Waals surface area contributed by atoms with Gasteiger partial charge in [-0.05, 0) is 18.2 Å². The summed E-state index contributed by atoms with van der Waals surface area (Å²) >= 11 is 6.66. The van der Waals surface area contributed by atoms with Gasteiger partial charge in [0.1, 0.15) is 41.5 Å². The molecule has 5 fully saturated rings. The molecule has 37 heavy (non-hydrogen) atoms. The van der Waals surface area contributed by atoms with Crippen molar-refractivity contribution in [3.05, 3.63) is 23.8 Å². The third kappa shape index (κ3) is 4.46. The van der Waals surface area contributed by atoms with Crippen LogP contribution in [0, 0.1) is 11.8 Å². The van der Waals surface area contributed by atoms with E-state index in [1.807, 2.05) is 0 Å². The van der Waals surface area contributed by atoms with Crippen molar-refractivity contribution in [2.45, 2.75) is 66.8 Å². The number of aromatic hydroxyl groups is 1. The molecule has 4 aliphatic heterocycles. The van der Waals surface area contributed by atoms with Crippen molar-refractivity contribution in [3.8, 4) is 11.5 Å². The van der Waals surface area contributed by atoms with E-state index in [1.54, 1.807) is 0 Å². The smallest absolute Gasteiger partial charge is 0.338 e. The molecule has 5 aliphatic rings. The van der Waals surface area contributed by atoms with Gasteiger partial charge in [-0.3, -0.25) is 0 Å². The fourth-order valence-corrected chi connectivity index (χ4v) is 6.02. The molecule has 0 radical (unpaired) electrons. The molecule has 6 N–H and O–H groups in total. The Morgan fingerprint density at radius 2 is 1.92 bits per heavy atom. The molecular weight excluding hydrogens is 520 g/mol. The average molecular weight is 549 g/mol. The van der Waals surface area contributed by atoms with Crippen LogP contribution in [-0.4, -0.2) is 117 Å². The number of carbonyl (C=O) groups excluding carboxylic acids is 1. The van der Waals surface area contributed by atoms with E-state index in [-0.39, 0.29) is 30.1 Å². The monoisotopic (exact) mass is 548 g/mol. The van der Waals surface area contributed by atoms with Crippen LogP contribution in [0.4, 0.5) is 0 Å². The van der Waals surface area contributed by atoms with Crippen molar-refractivity contribution < 1.29 is 63.9 Å². The van der Waals surface area contributed by atoms with Gasteiger partial charge in [-0.15, -0.1) is 11.6 Å². The van der Waals surface area contributed by atoms with Crippen LogP contribution in [0.3, 0.4) is 0 Å². The number of benzene rings is 1. The Balaban J connectivity index is 1.38. The van der Waals surface area contributed by atoms with E-state index in [4.69, 9.17) is 40.0 Å². The van der Waals surface area contributed by atoms with Gasteiger partial charge in [0.15, 0.2) is 30.4 Å². The van der Waals surface area contributed by atoms with Gasteiger partial charge >= 0.3 is 5.97 Å². The van der Waals surface area contributed by atoms with E-state index in [2.05, 4.69) is 0 Å². The summed E-state index contributed by atoms with van der Waals surface area (Å²) in [6.45, 7) is -0.898. The second-order valence-corrected chi connectivity index (χ2v) is 10.1. The molecule has 1 aliphatic carbocycles. The average Bonchev–Trinajstić information content (AvgIpc) is 3.00. The van der Waals surface area contributed by atoms with Gasteiger partial charge in [-0.2, -0.15) is 0 Å². The van der Waals surface area contributed by atoms with Gasteiger partial charge in [0, 0.05) is 18.3 Å². The van der Waals surface area contributed by atoms with Crippen molar-refractivity contribution in [2.24, 2.45) is 11.8 Å². The Kier molecular flexibility index (Phi) is 7.30. The normalized spacial score (nSPS) is 44.9. The lowest BCUT2D eigenvalue weighted by Crippen LogP contribution is -2.61. The number of phenols is 1. The molecule has 0 unspecified atom stereocenters. The first kappa shape index (κ1) is 26.8. The number of hydrogen-bond acceptors (Lipinski definition) is 13. The van der Waals surface area contributed by atoms with Gasteiger partial charge < -0.3 is 59.1 Å². The lowest BCUT2D eigenvalue weighted by atomic mass is 9.83. The zero-order valence-corrected chi connectivity index (χ0v) is 20.4. The van der Waals surface area contributed by atoms with Crippen molar-refractivity contribution in [1.29, 1.82) is 0 Å². The first-order chi connectivity index (χ1) is 17.6. The van der Waals surface area contributed by atoms with Crippen LogP contribution < -0.4 is 4.74 Å². The lowest BCUT2D eigenvalue weighted by Gasteiger charge is -2.44. The predicted octanol–water partition coefficient (Wildman–Crippen LogP) is -1.57. The molecule has 4 heterocycles. The zero-order valence-electron chi connectivity index (χ0n) is 19.6. The van der Waals surface area contributed by atoms with Crippen molar-refractivity contribution in [3.63, 3.8) is 0 Å². The highest BCUT2D eigenvalue weighted by molar-refractivity contribution is 6.22. The number of carbonyl (C=O) groups is 1. The van der Waals surface area contributed by atoms with E-state index in [0.29, 0.717) is 0 Å². The fourth-order valence-electron chi connectivity index (χ4n) is 5.57. The Bertz CT molecular complexity index is 1010. The number of fused-ring (bicyclic) bond motifs is 2. The number of esters is 1. The zero-order chi connectivity index (χ0) is 26.6. The Morgan fingerprint density at radius 1 is 1.16 bits per heavy atom. The van der Waals surface area contributed by atoms with Gasteiger partial charge in [0.2, 0.25) is 0 Å². The second-order valence-electron chi connectivity index (χ2n) is 9.65. The number of phenolic OH excluding ortho intramolecular Hbond substituents is 1. The summed E-state index contributed by atoms with van der Waals surface area (Å²) in [5, 5.41) is 60.3. The molecule has 0 aromatic heterocycles. The summed E-state index contributed by atoms with van der Waals surface area (Å²) in [5.41, 5.74) is -1.68. The standard InChI is InChI=1S/C23H29ClO13/c1-32-11-4-8(2-3-10(11)26)20(30)36-18-9-5-13-33-7-23(31,19(18)24)14(9)21(35-13)37-22-17(29)16(28)15(27)12(6-25)34-22/h2-4,9,12-19,21-22,25-29,31H,5-7H2,1H3/t9-,12-,13-,14-,15-,16+,17-,18+,19-,21+,22+,23-/m1/s1. The number of aliphatic hydroxyl groups is 5. The summed E-state index contributed by atoms with van der Waals surface area (Å²) in [4.78, 5) is 13.0. The minimum absolute atomic E-state index is 0.0753. The SMILES string of the molecule is COc1cc(C(=O)O[C@H]2[C@@H]3C[C@@H]4OC[C@@](O)([C@H]3[C@H](O[C@@H]3O[C@H](CO)[C@@H](O)[C@H](O)[C@H]3O)O4)[C@@H]2Cl)ccc1O. The number of methoxy groups -OCH3 is 1. The molecule has 0 spiro atoms. The van der Waals surface area contributed by atoms with Gasteiger partial charge in [-0.1, -0.05) is 0 Å². The fraction of sp³-hybridized carbons (Fsp3) is 0.696. The summed E-state index contributed by atoms with van der Waals surface area (Å²) in [7, 11) is 1.34. The maximum absolute atomic E-state index is 13.0. The van der Waals surface area contributed by atoms with Gasteiger partial charge in [0.05, 0.1) is 25.9 Å². The molecule has 6 rings (SSSR count). The number of hydrogen-bond donors (Lipinski definition) is 6. The third-order valence-electron chi connectivity index (χ3n) is 7.55. The summed E-state index contributed by atoms with van der Waals surface area (Å²) in [6.07, 6.45) is -10.6. The minimum Gasteiger partial charge on any atom is -0.504 e. The van der Waals surface area contributed by atoms with E-state index >= 15 is 0 Å². The quantitative estimate of drug-likeness (QED) is 0.176. The Hall–Kier alpha value is -1.78. The van der Waals surface area contributed by atoms with E-state index in [1.165, 1.54) is 25.3 Å². The summed E-state index contributed by atoms with van der Waals surface area (Å²) < 4.78 is 33.5. The summed E-state index contributed by atoms with van der Waals surface area (Å²) in [6, 6.07) is 3.95. The topological polar surface area (TPSA) is 194 Å². The number of rotatable bonds is 6. The molecule has 12 atom stereocenters. The molecular formula is C23H29ClO13. The van der Waals surface area contributed by atoms with Gasteiger partial charge in [0.25, 0.3) is 0 Å². The Labute approximate surface area is 216 Å². The molecule has 4 bridgehead atoms. The van der Waals surface area contributed by atoms with Crippen LogP contribution in [-0.2, 0) is 23.7 Å². The number of halogens is 1. The van der Waals surface area contributed by atoms with Crippen molar-refractivity contribution in [2.75, 3.05) is 20.3 Å². The van der Waals surface area contributed by atoms with Crippen LogP contribution in [0.5, 0.6) is 11.5 Å². The molecule has 1 saturated carbocycles. The van der Waals surface area contributed by atoms with Crippen LogP contribution in [0.15, 0.2) is 18.2 Å². The maximum Gasteiger partial charge on any atom is 0.338 e. The van der Waals surface area contributed by atoms with E-state index in [9.17, 15) is 35.4 Å². The van der Waals surface area contributed by atoms with Crippen LogP contribution in [0.25, 0.3) is 0 Å². The first-order valence-electron chi connectivity index (χ1n) is 11.8. The molecule has 13 nitrogen and oxygen atoms in total. The van der Waals surface area contributed by atoms with E-state index in [0.717, 1.165) is 0 Å². The Morgan fingerprint density at radius 3 is 2.62 bits per heavy atom. The molecule has 1 aromatic rings.